The van der Waals surface area contributed by atoms with Gasteiger partial charge in [-0.05, 0) is 49.2 Å². The van der Waals surface area contributed by atoms with Gasteiger partial charge in [0.2, 0.25) is 0 Å². The summed E-state index contributed by atoms with van der Waals surface area (Å²) in [6.07, 6.45) is 3.66. The molecule has 2 aromatic rings. The summed E-state index contributed by atoms with van der Waals surface area (Å²) in [5.41, 5.74) is 0.851. The molecule has 0 aromatic carbocycles. The Labute approximate surface area is 207 Å². The topological polar surface area (TPSA) is 77.7 Å². The second-order valence-corrected chi connectivity index (χ2v) is 10.6. The smallest absolute Gasteiger partial charge is 0.422 e. The van der Waals surface area contributed by atoms with E-state index >= 15 is 0 Å². The minimum absolute atomic E-state index is 0.114. The summed E-state index contributed by atoms with van der Waals surface area (Å²) >= 11 is 1.23. The zero-order valence-electron chi connectivity index (χ0n) is 19.9. The van der Waals surface area contributed by atoms with Crippen molar-refractivity contribution in [2.75, 3.05) is 26.8 Å². The number of ketones is 1. The van der Waals surface area contributed by atoms with E-state index in [9.17, 15) is 18.0 Å². The van der Waals surface area contributed by atoms with Gasteiger partial charge in [-0.1, -0.05) is 24.2 Å². The van der Waals surface area contributed by atoms with Crippen LogP contribution in [0.4, 0.5) is 13.2 Å². The lowest BCUT2D eigenvalue weighted by Gasteiger charge is -2.31. The number of alkyl halides is 3. The predicted octanol–water partition coefficient (Wildman–Crippen LogP) is 5.23. The summed E-state index contributed by atoms with van der Waals surface area (Å²) in [6.45, 7) is 1.23. The predicted molar refractivity (Wildman–Crippen MR) is 124 cm³/mol. The highest BCUT2D eigenvalue weighted by atomic mass is 32.1. The summed E-state index contributed by atoms with van der Waals surface area (Å²) in [6, 6.07) is 1.72. The normalized spacial score (nSPS) is 21.0. The molecule has 0 N–H and O–H groups in total. The van der Waals surface area contributed by atoms with Crippen LogP contribution in [0.5, 0.6) is 11.1 Å². The van der Waals surface area contributed by atoms with E-state index < -0.39 is 12.8 Å². The van der Waals surface area contributed by atoms with Crippen molar-refractivity contribution in [3.63, 3.8) is 0 Å². The minimum Gasteiger partial charge on any atom is -0.479 e. The lowest BCUT2D eigenvalue weighted by atomic mass is 9.78. The molecule has 3 heterocycles. The molecule has 7 nitrogen and oxygen atoms in total. The average Bonchev–Trinajstić information content (AvgIpc) is 3.46. The summed E-state index contributed by atoms with van der Waals surface area (Å²) in [7, 11) is 1.53. The molecular weight excluding hydrogens is 483 g/mol. The first-order valence-electron chi connectivity index (χ1n) is 12.2. The number of nitrogens with zero attached hydrogens (tertiary/aromatic N) is 3. The number of aryl methyl sites for hydroxylation is 1. The van der Waals surface area contributed by atoms with Gasteiger partial charge in [0.05, 0.1) is 12.8 Å². The van der Waals surface area contributed by atoms with E-state index in [2.05, 4.69) is 15.0 Å². The Bertz CT molecular complexity index is 970. The monoisotopic (exact) mass is 515 g/mol. The highest BCUT2D eigenvalue weighted by Gasteiger charge is 2.30. The van der Waals surface area contributed by atoms with E-state index in [4.69, 9.17) is 14.0 Å². The van der Waals surface area contributed by atoms with Crippen LogP contribution in [0, 0.1) is 11.8 Å². The fourth-order valence-electron chi connectivity index (χ4n) is 4.91. The fraction of sp³-hybridized carbons (Fsp3) is 0.708. The molecule has 0 unspecified atom stereocenters. The van der Waals surface area contributed by atoms with Crippen LogP contribution in [0.2, 0.25) is 0 Å². The highest BCUT2D eigenvalue weighted by molar-refractivity contribution is 7.13. The first kappa shape index (κ1) is 25.9. The van der Waals surface area contributed by atoms with Crippen molar-refractivity contribution >= 4 is 17.1 Å². The number of methoxy groups -OCH3 is 1. The fourth-order valence-corrected chi connectivity index (χ4v) is 5.82. The van der Waals surface area contributed by atoms with E-state index in [1.54, 1.807) is 6.07 Å². The van der Waals surface area contributed by atoms with E-state index in [1.807, 2.05) is 0 Å². The molecule has 0 spiro atoms. The van der Waals surface area contributed by atoms with Crippen LogP contribution >= 0.6 is 11.3 Å². The van der Waals surface area contributed by atoms with Crippen molar-refractivity contribution in [1.82, 2.24) is 15.0 Å². The molecule has 0 saturated heterocycles. The molecule has 0 bridgehead atoms. The van der Waals surface area contributed by atoms with Crippen molar-refractivity contribution in [2.24, 2.45) is 11.8 Å². The van der Waals surface area contributed by atoms with Gasteiger partial charge >= 0.3 is 6.18 Å². The Morgan fingerprint density at radius 3 is 2.74 bits per heavy atom. The number of carbonyl (C=O) groups is 1. The molecule has 0 radical (unpaired) electrons. The standard InChI is InChI=1S/C24H32F3N3O4S/c1-32-22-13-19(34-29-22)7-6-18(31)12-17-4-2-16(3-5-17)8-10-30-11-9-21-20(14-30)28-23(35-21)33-15-24(25,26)27/h13,16-17H,2-12,14-15H2,1H3. The molecule has 35 heavy (non-hydrogen) atoms. The van der Waals surface area contributed by atoms with Crippen LogP contribution < -0.4 is 9.47 Å². The molecular formula is C24H32F3N3O4S. The van der Waals surface area contributed by atoms with E-state index in [0.717, 1.165) is 62.2 Å². The summed E-state index contributed by atoms with van der Waals surface area (Å²) in [4.78, 5) is 20.1. The van der Waals surface area contributed by atoms with Crippen LogP contribution in [-0.4, -0.2) is 53.8 Å². The number of rotatable bonds is 11. The molecule has 11 heteroatoms. The average molecular weight is 516 g/mol. The van der Waals surface area contributed by atoms with Gasteiger partial charge in [0, 0.05) is 43.3 Å². The minimum atomic E-state index is -4.35. The zero-order chi connectivity index (χ0) is 24.8. The van der Waals surface area contributed by atoms with Gasteiger partial charge in [0.25, 0.3) is 11.1 Å². The number of ether oxygens (including phenoxy) is 2. The number of thiazole rings is 1. The number of carbonyl (C=O) groups excluding carboxylic acids is 1. The third kappa shape index (κ3) is 7.93. The Morgan fingerprint density at radius 2 is 2.03 bits per heavy atom. The molecule has 194 valence electrons. The Hall–Kier alpha value is -2.14. The number of fused-ring (bicyclic) bond motifs is 1. The van der Waals surface area contributed by atoms with Crippen molar-refractivity contribution in [3.05, 3.63) is 22.4 Å². The second-order valence-electron chi connectivity index (χ2n) is 9.53. The number of Topliss-reactive ketones (excluding diaryl/α,β-unsaturated/α-hetero) is 1. The Morgan fingerprint density at radius 1 is 1.26 bits per heavy atom. The molecule has 2 aliphatic rings. The molecule has 2 aromatic heterocycles. The zero-order valence-corrected chi connectivity index (χ0v) is 20.8. The summed E-state index contributed by atoms with van der Waals surface area (Å²) in [5, 5.41) is 3.87. The summed E-state index contributed by atoms with van der Waals surface area (Å²) in [5.74, 6) is 2.50. The van der Waals surface area contributed by atoms with Gasteiger partial charge in [-0.2, -0.15) is 13.2 Å². The molecule has 0 atom stereocenters. The van der Waals surface area contributed by atoms with E-state index in [0.29, 0.717) is 49.3 Å². The number of halogens is 3. The van der Waals surface area contributed by atoms with Crippen molar-refractivity contribution in [2.45, 2.75) is 70.5 Å². The highest BCUT2D eigenvalue weighted by Crippen LogP contribution is 2.35. The van der Waals surface area contributed by atoms with Gasteiger partial charge in [0.1, 0.15) is 11.5 Å². The van der Waals surface area contributed by atoms with E-state index in [-0.39, 0.29) is 11.0 Å². The molecule has 1 fully saturated rings. The Kier molecular flexibility index (Phi) is 8.69. The number of hydrogen-bond donors (Lipinski definition) is 0. The molecule has 4 rings (SSSR count). The Balaban J connectivity index is 1.12. The maximum Gasteiger partial charge on any atom is 0.422 e. The number of aromatic nitrogens is 2. The maximum atomic E-state index is 12.4. The third-order valence-electron chi connectivity index (χ3n) is 6.88. The molecule has 1 aliphatic heterocycles. The molecule has 0 amide bonds. The van der Waals surface area contributed by atoms with Crippen LogP contribution in [0.15, 0.2) is 10.6 Å². The van der Waals surface area contributed by atoms with E-state index in [1.165, 1.54) is 18.4 Å². The molecule has 1 aliphatic carbocycles. The van der Waals surface area contributed by atoms with Crippen LogP contribution in [0.1, 0.15) is 61.3 Å². The second kappa shape index (κ2) is 11.7. The number of hydrogen-bond acceptors (Lipinski definition) is 8. The summed E-state index contributed by atoms with van der Waals surface area (Å²) < 4.78 is 52.1. The first-order valence-corrected chi connectivity index (χ1v) is 13.0. The van der Waals surface area contributed by atoms with Crippen molar-refractivity contribution < 1.29 is 32.0 Å². The van der Waals surface area contributed by atoms with Gasteiger partial charge in [-0.25, -0.2) is 4.98 Å². The first-order chi connectivity index (χ1) is 16.8. The van der Waals surface area contributed by atoms with Crippen molar-refractivity contribution in [1.29, 1.82) is 0 Å². The molecule has 1 saturated carbocycles. The van der Waals surface area contributed by atoms with Crippen LogP contribution in [0.25, 0.3) is 0 Å². The van der Waals surface area contributed by atoms with Crippen molar-refractivity contribution in [3.8, 4) is 11.1 Å². The van der Waals surface area contributed by atoms with Crippen LogP contribution in [-0.2, 0) is 24.2 Å². The SMILES string of the molecule is COc1cc(CCC(=O)CC2CCC(CCN3CCc4sc(OCC(F)(F)F)nc4C3)CC2)on1. The van der Waals surface area contributed by atoms with Gasteiger partial charge in [0.15, 0.2) is 6.61 Å². The van der Waals surface area contributed by atoms with Gasteiger partial charge < -0.3 is 14.0 Å². The largest absolute Gasteiger partial charge is 0.479 e. The third-order valence-corrected chi connectivity index (χ3v) is 7.95. The van der Waals surface area contributed by atoms with Crippen LogP contribution in [0.3, 0.4) is 0 Å². The van der Waals surface area contributed by atoms with Gasteiger partial charge in [-0.3, -0.25) is 9.69 Å². The quantitative estimate of drug-likeness (QED) is 0.406. The lowest BCUT2D eigenvalue weighted by molar-refractivity contribution is -0.153. The van der Waals surface area contributed by atoms with Gasteiger partial charge in [-0.15, -0.1) is 0 Å². The maximum absolute atomic E-state index is 12.4. The lowest BCUT2D eigenvalue weighted by Crippen LogP contribution is -2.32.